The number of hydrogen-bond acceptors (Lipinski definition) is 7. The fraction of sp³-hybridized carbons (Fsp3) is 0.200. The quantitative estimate of drug-likeness (QED) is 0.493. The van der Waals surface area contributed by atoms with Gasteiger partial charge >= 0.3 is 0 Å². The Kier molecular flexibility index (Phi) is 3.88. The zero-order valence-electron chi connectivity index (χ0n) is 16.8. The Hall–Kier alpha value is -4.08. The van der Waals surface area contributed by atoms with E-state index >= 15 is 0 Å². The predicted octanol–water partition coefficient (Wildman–Crippen LogP) is 2.77. The Labute approximate surface area is 170 Å². The monoisotopic (exact) mass is 402 g/mol. The molecule has 0 aliphatic carbocycles. The number of amides is 1. The molecule has 0 unspecified atom stereocenters. The molecule has 1 amide bonds. The third-order valence-corrected chi connectivity index (χ3v) is 4.98. The van der Waals surface area contributed by atoms with E-state index in [-0.39, 0.29) is 5.91 Å². The normalized spacial score (nSPS) is 11.5. The van der Waals surface area contributed by atoms with Gasteiger partial charge in [-0.2, -0.15) is 10.2 Å². The molecule has 150 valence electrons. The summed E-state index contributed by atoms with van der Waals surface area (Å²) >= 11 is 0. The van der Waals surface area contributed by atoms with Crippen LogP contribution in [0.15, 0.2) is 35.2 Å². The molecule has 0 aliphatic heterocycles. The minimum Gasteiger partial charge on any atom is -0.335 e. The molecule has 0 fully saturated rings. The topological polar surface area (TPSA) is 117 Å². The number of anilines is 1. The number of nitrogens with one attached hydrogen (secondary N) is 1. The second-order valence-electron chi connectivity index (χ2n) is 7.16. The molecule has 0 atom stereocenters. The first-order valence-corrected chi connectivity index (χ1v) is 9.27. The number of hydrogen-bond donors (Lipinski definition) is 1. The van der Waals surface area contributed by atoms with E-state index in [9.17, 15) is 4.79 Å². The molecule has 0 radical (unpaired) electrons. The highest BCUT2D eigenvalue weighted by molar-refractivity contribution is 6.13. The number of carbonyl (C=O) groups excluding carboxylic acids is 1. The lowest BCUT2D eigenvalue weighted by Gasteiger charge is -2.08. The van der Waals surface area contributed by atoms with Gasteiger partial charge in [0.15, 0.2) is 5.65 Å². The van der Waals surface area contributed by atoms with E-state index < -0.39 is 0 Å². The summed E-state index contributed by atoms with van der Waals surface area (Å²) in [6.45, 7) is 3.68. The van der Waals surface area contributed by atoms with Gasteiger partial charge in [-0.25, -0.2) is 9.97 Å². The average Bonchev–Trinajstić information content (AvgIpc) is 3.40. The summed E-state index contributed by atoms with van der Waals surface area (Å²) in [5.41, 5.74) is 4.84. The Bertz CT molecular complexity index is 1440. The molecule has 0 bridgehead atoms. The van der Waals surface area contributed by atoms with Crippen LogP contribution in [0.4, 0.5) is 5.69 Å². The Morgan fingerprint density at radius 3 is 2.73 bits per heavy atom. The smallest absolute Gasteiger partial charge is 0.259 e. The highest BCUT2D eigenvalue weighted by Gasteiger charge is 2.20. The summed E-state index contributed by atoms with van der Waals surface area (Å²) in [4.78, 5) is 22.1. The molecular weight excluding hydrogens is 384 g/mol. The lowest BCUT2D eigenvalue weighted by molar-refractivity contribution is 0.102. The highest BCUT2D eigenvalue weighted by Crippen LogP contribution is 2.28. The largest absolute Gasteiger partial charge is 0.335 e. The molecule has 5 aromatic heterocycles. The van der Waals surface area contributed by atoms with Crippen molar-refractivity contribution in [3.63, 3.8) is 0 Å². The second-order valence-corrected chi connectivity index (χ2v) is 7.16. The first kappa shape index (κ1) is 18.0. The molecule has 5 rings (SSSR count). The summed E-state index contributed by atoms with van der Waals surface area (Å²) in [6, 6.07) is 3.59. The summed E-state index contributed by atoms with van der Waals surface area (Å²) in [7, 11) is 3.65. The van der Waals surface area contributed by atoms with E-state index in [4.69, 9.17) is 4.52 Å². The van der Waals surface area contributed by atoms with Crippen LogP contribution in [-0.2, 0) is 14.1 Å². The number of nitrogens with zero attached hydrogens (tertiary/aromatic N) is 7. The maximum Gasteiger partial charge on any atom is 0.259 e. The van der Waals surface area contributed by atoms with Crippen LogP contribution in [0.2, 0.25) is 0 Å². The van der Waals surface area contributed by atoms with Crippen molar-refractivity contribution in [1.29, 1.82) is 0 Å². The molecule has 5 heterocycles. The van der Waals surface area contributed by atoms with Crippen molar-refractivity contribution in [1.82, 2.24) is 34.7 Å². The van der Waals surface area contributed by atoms with Gasteiger partial charge in [0.05, 0.1) is 46.1 Å². The van der Waals surface area contributed by atoms with Crippen LogP contribution in [-0.4, -0.2) is 40.6 Å². The molecule has 10 heteroatoms. The van der Waals surface area contributed by atoms with Crippen molar-refractivity contribution in [3.05, 3.63) is 47.7 Å². The van der Waals surface area contributed by atoms with Crippen LogP contribution >= 0.6 is 0 Å². The van der Waals surface area contributed by atoms with Gasteiger partial charge in [-0.15, -0.1) is 0 Å². The van der Waals surface area contributed by atoms with Crippen LogP contribution in [0.1, 0.15) is 21.7 Å². The van der Waals surface area contributed by atoms with E-state index in [0.717, 1.165) is 22.3 Å². The van der Waals surface area contributed by atoms with Crippen LogP contribution in [0.3, 0.4) is 0 Å². The van der Waals surface area contributed by atoms with Crippen LogP contribution in [0.25, 0.3) is 33.4 Å². The first-order valence-electron chi connectivity index (χ1n) is 9.27. The average molecular weight is 402 g/mol. The maximum absolute atomic E-state index is 13.2. The number of fused-ring (bicyclic) bond motifs is 2. The van der Waals surface area contributed by atoms with Crippen LogP contribution in [0.5, 0.6) is 0 Å². The van der Waals surface area contributed by atoms with Gasteiger partial charge in [0.1, 0.15) is 0 Å². The van der Waals surface area contributed by atoms with Crippen molar-refractivity contribution in [2.45, 2.75) is 13.8 Å². The van der Waals surface area contributed by atoms with Gasteiger partial charge < -0.3 is 9.84 Å². The minimum atomic E-state index is -0.304. The molecule has 0 aliphatic rings. The molecule has 0 saturated heterocycles. The molecule has 5 aromatic rings. The molecular formula is C20H18N8O2. The molecule has 30 heavy (non-hydrogen) atoms. The molecule has 10 nitrogen and oxygen atoms in total. The summed E-state index contributed by atoms with van der Waals surface area (Å²) < 4.78 is 8.73. The van der Waals surface area contributed by atoms with Gasteiger partial charge in [-0.3, -0.25) is 14.2 Å². The summed E-state index contributed by atoms with van der Waals surface area (Å²) in [6.07, 6.45) is 5.12. The predicted molar refractivity (Wildman–Crippen MR) is 110 cm³/mol. The third-order valence-electron chi connectivity index (χ3n) is 4.98. The summed E-state index contributed by atoms with van der Waals surface area (Å²) in [5.74, 6) is -0.304. The van der Waals surface area contributed by atoms with Crippen molar-refractivity contribution in [3.8, 4) is 11.3 Å². The molecule has 0 aromatic carbocycles. The standard InChI is InChI=1S/C20H18N8O2/c1-10-14-5-13(8-21-18(14)28(4)25-10)23-19(29)15-6-16(12-7-22-27(3)9-12)24-20-17(15)11(2)26-30-20/h5-9H,1-4H3,(H,23,29). The van der Waals surface area contributed by atoms with Gasteiger partial charge in [0.2, 0.25) is 0 Å². The van der Waals surface area contributed by atoms with Crippen molar-refractivity contribution < 1.29 is 9.32 Å². The molecule has 0 saturated carbocycles. The van der Waals surface area contributed by atoms with E-state index in [1.165, 1.54) is 0 Å². The number of carbonyl (C=O) groups is 1. The number of rotatable bonds is 3. The van der Waals surface area contributed by atoms with Crippen molar-refractivity contribution in [2.75, 3.05) is 5.32 Å². The fourth-order valence-corrected chi connectivity index (χ4v) is 3.55. The van der Waals surface area contributed by atoms with Crippen molar-refractivity contribution >= 4 is 33.7 Å². The number of aryl methyl sites for hydroxylation is 4. The van der Waals surface area contributed by atoms with Crippen molar-refractivity contribution in [2.24, 2.45) is 14.1 Å². The van der Waals surface area contributed by atoms with E-state index in [0.29, 0.717) is 33.7 Å². The highest BCUT2D eigenvalue weighted by atomic mass is 16.5. The molecule has 0 spiro atoms. The van der Waals surface area contributed by atoms with Gasteiger partial charge in [-0.05, 0) is 26.0 Å². The fourth-order valence-electron chi connectivity index (χ4n) is 3.55. The summed E-state index contributed by atoms with van der Waals surface area (Å²) in [5, 5.41) is 16.9. The van der Waals surface area contributed by atoms with E-state index in [2.05, 4.69) is 30.6 Å². The Morgan fingerprint density at radius 2 is 1.97 bits per heavy atom. The van der Waals surface area contributed by atoms with Gasteiger partial charge in [0, 0.05) is 31.2 Å². The van der Waals surface area contributed by atoms with Crippen LogP contribution in [0, 0.1) is 13.8 Å². The number of aromatic nitrogens is 7. The lowest BCUT2D eigenvalue weighted by Crippen LogP contribution is -2.13. The van der Waals surface area contributed by atoms with Gasteiger partial charge in [0.25, 0.3) is 11.6 Å². The Morgan fingerprint density at radius 1 is 1.13 bits per heavy atom. The van der Waals surface area contributed by atoms with E-state index in [1.54, 1.807) is 34.7 Å². The second kappa shape index (κ2) is 6.48. The zero-order chi connectivity index (χ0) is 21.0. The lowest BCUT2D eigenvalue weighted by atomic mass is 10.1. The third kappa shape index (κ3) is 2.81. The van der Waals surface area contributed by atoms with E-state index in [1.807, 2.05) is 33.3 Å². The minimum absolute atomic E-state index is 0.302. The Balaban J connectivity index is 1.58. The SMILES string of the molecule is Cc1nn(C)c2ncc(NC(=O)c3cc(-c4cnn(C)c4)nc4onc(C)c34)cc12. The van der Waals surface area contributed by atoms with Gasteiger partial charge in [-0.1, -0.05) is 5.16 Å². The maximum atomic E-state index is 13.2. The van der Waals surface area contributed by atoms with Crippen LogP contribution < -0.4 is 5.32 Å². The number of pyridine rings is 2. The zero-order valence-corrected chi connectivity index (χ0v) is 16.8. The first-order chi connectivity index (χ1) is 14.4. The molecule has 1 N–H and O–H groups in total.